The maximum Gasteiger partial charge on any atom is 0.144 e. The van der Waals surface area contributed by atoms with Crippen LogP contribution in [-0.2, 0) is 0 Å². The van der Waals surface area contributed by atoms with Gasteiger partial charge in [-0.25, -0.2) is 4.68 Å². The van der Waals surface area contributed by atoms with Crippen LogP contribution in [0, 0.1) is 0 Å². The van der Waals surface area contributed by atoms with Crippen LogP contribution in [0.4, 0.5) is 5.69 Å². The lowest BCUT2D eigenvalue weighted by molar-refractivity contribution is 0.411. The van der Waals surface area contributed by atoms with Crippen LogP contribution in [0.5, 0.6) is 11.5 Å². The Morgan fingerprint density at radius 3 is 2.55 bits per heavy atom. The van der Waals surface area contributed by atoms with Crippen molar-refractivity contribution in [3.05, 3.63) is 48.7 Å². The Kier molecular flexibility index (Phi) is 3.65. The largest absolute Gasteiger partial charge is 0.496 e. The summed E-state index contributed by atoms with van der Waals surface area (Å²) in [7, 11) is 3.23. The first-order chi connectivity index (χ1) is 10.7. The molecule has 0 spiro atoms. The summed E-state index contributed by atoms with van der Waals surface area (Å²) in [5, 5.41) is 8.38. The summed E-state index contributed by atoms with van der Waals surface area (Å²) in [6, 6.07) is 13.0. The summed E-state index contributed by atoms with van der Waals surface area (Å²) in [6.07, 6.45) is 1.81. The second-order valence-corrected chi connectivity index (χ2v) is 4.68. The van der Waals surface area contributed by atoms with Gasteiger partial charge in [-0.1, -0.05) is 17.3 Å². The lowest BCUT2D eigenvalue weighted by atomic mass is 10.1. The van der Waals surface area contributed by atoms with E-state index in [0.717, 1.165) is 17.0 Å². The Morgan fingerprint density at radius 1 is 1.00 bits per heavy atom. The van der Waals surface area contributed by atoms with Crippen LogP contribution in [-0.4, -0.2) is 29.2 Å². The molecule has 0 amide bonds. The van der Waals surface area contributed by atoms with Crippen molar-refractivity contribution in [2.75, 3.05) is 20.0 Å². The number of rotatable bonds is 4. The smallest absolute Gasteiger partial charge is 0.144 e. The minimum absolute atomic E-state index is 0.630. The predicted octanol–water partition coefficient (Wildman–Crippen LogP) is 2.53. The molecule has 0 saturated heterocycles. The molecule has 3 rings (SSSR count). The Bertz CT molecular complexity index is 798. The Labute approximate surface area is 128 Å². The number of benzene rings is 2. The highest BCUT2D eigenvalue weighted by molar-refractivity contribution is 5.67. The molecule has 2 N–H and O–H groups in total. The molecule has 3 aromatic rings. The van der Waals surface area contributed by atoms with Crippen LogP contribution >= 0.6 is 0 Å². The van der Waals surface area contributed by atoms with Gasteiger partial charge in [0.05, 0.1) is 20.4 Å². The van der Waals surface area contributed by atoms with Crippen molar-refractivity contribution < 1.29 is 9.47 Å². The van der Waals surface area contributed by atoms with Gasteiger partial charge < -0.3 is 15.2 Å². The normalized spacial score (nSPS) is 10.5. The summed E-state index contributed by atoms with van der Waals surface area (Å²) in [5.41, 5.74) is 8.79. The Hall–Kier alpha value is -3.02. The number of anilines is 1. The number of nitrogens with two attached hydrogens (primary N) is 1. The van der Waals surface area contributed by atoms with Crippen LogP contribution in [0.25, 0.3) is 16.9 Å². The summed E-state index contributed by atoms with van der Waals surface area (Å²) in [4.78, 5) is 0. The van der Waals surface area contributed by atoms with Crippen LogP contribution in [0.3, 0.4) is 0 Å². The number of hydrogen-bond donors (Lipinski definition) is 1. The van der Waals surface area contributed by atoms with E-state index in [2.05, 4.69) is 10.3 Å². The molecule has 0 fully saturated rings. The van der Waals surface area contributed by atoms with Gasteiger partial charge >= 0.3 is 0 Å². The number of nitrogens with zero attached hydrogens (tertiary/aromatic N) is 3. The molecule has 112 valence electrons. The fourth-order valence-electron chi connectivity index (χ4n) is 2.25. The summed E-state index contributed by atoms with van der Waals surface area (Å²) >= 11 is 0. The molecule has 1 heterocycles. The van der Waals surface area contributed by atoms with E-state index in [1.807, 2.05) is 30.5 Å². The Morgan fingerprint density at radius 2 is 1.77 bits per heavy atom. The first-order valence-corrected chi connectivity index (χ1v) is 6.72. The highest BCUT2D eigenvalue weighted by Gasteiger charge is 2.12. The van der Waals surface area contributed by atoms with Gasteiger partial charge in [0.1, 0.15) is 22.9 Å². The van der Waals surface area contributed by atoms with E-state index in [1.54, 1.807) is 37.1 Å². The molecule has 0 aliphatic carbocycles. The zero-order valence-corrected chi connectivity index (χ0v) is 12.4. The first kappa shape index (κ1) is 13.9. The minimum Gasteiger partial charge on any atom is -0.496 e. The van der Waals surface area contributed by atoms with Crippen molar-refractivity contribution in [1.29, 1.82) is 0 Å². The maximum atomic E-state index is 5.85. The second kappa shape index (κ2) is 5.77. The second-order valence-electron chi connectivity index (χ2n) is 4.68. The van der Waals surface area contributed by atoms with Crippen molar-refractivity contribution in [2.24, 2.45) is 0 Å². The van der Waals surface area contributed by atoms with Crippen LogP contribution < -0.4 is 15.2 Å². The fourth-order valence-corrected chi connectivity index (χ4v) is 2.25. The van der Waals surface area contributed by atoms with E-state index >= 15 is 0 Å². The highest BCUT2D eigenvalue weighted by atomic mass is 16.5. The standard InChI is InChI=1S/C16H16N4O2/c1-21-15-6-4-3-5-12(15)13-10-20(19-18-13)14-9-11(17)7-8-16(14)22-2/h3-10H,17H2,1-2H3. The number of nitrogen functional groups attached to an aromatic ring is 1. The Balaban J connectivity index is 2.06. The van der Waals surface area contributed by atoms with Gasteiger partial charge in [-0.15, -0.1) is 5.10 Å². The molecule has 0 atom stereocenters. The zero-order valence-electron chi connectivity index (χ0n) is 12.4. The van der Waals surface area contributed by atoms with Gasteiger partial charge in [0, 0.05) is 11.3 Å². The van der Waals surface area contributed by atoms with Gasteiger partial charge in [0.15, 0.2) is 0 Å². The van der Waals surface area contributed by atoms with E-state index in [9.17, 15) is 0 Å². The number of para-hydroxylation sites is 1. The lowest BCUT2D eigenvalue weighted by Crippen LogP contribution is -2.00. The third-order valence-corrected chi connectivity index (χ3v) is 3.33. The number of methoxy groups -OCH3 is 2. The summed E-state index contributed by atoms with van der Waals surface area (Å²) in [6.45, 7) is 0. The number of ether oxygens (including phenoxy) is 2. The van der Waals surface area contributed by atoms with E-state index in [1.165, 1.54) is 0 Å². The van der Waals surface area contributed by atoms with Crippen LogP contribution in [0.1, 0.15) is 0 Å². The first-order valence-electron chi connectivity index (χ1n) is 6.72. The van der Waals surface area contributed by atoms with E-state index in [4.69, 9.17) is 15.2 Å². The number of hydrogen-bond acceptors (Lipinski definition) is 5. The average Bonchev–Trinajstić information content (AvgIpc) is 3.04. The van der Waals surface area contributed by atoms with Gasteiger partial charge in [-0.05, 0) is 30.3 Å². The quantitative estimate of drug-likeness (QED) is 0.749. The molecule has 0 aliphatic rings. The third-order valence-electron chi connectivity index (χ3n) is 3.33. The molecule has 0 bridgehead atoms. The molecule has 1 aromatic heterocycles. The number of aromatic nitrogens is 3. The molecule has 2 aromatic carbocycles. The predicted molar refractivity (Wildman–Crippen MR) is 84.3 cm³/mol. The van der Waals surface area contributed by atoms with Gasteiger partial charge in [-0.3, -0.25) is 0 Å². The monoisotopic (exact) mass is 296 g/mol. The zero-order chi connectivity index (χ0) is 15.5. The van der Waals surface area contributed by atoms with Crippen molar-refractivity contribution in [3.8, 4) is 28.4 Å². The lowest BCUT2D eigenvalue weighted by Gasteiger charge is -2.08. The van der Waals surface area contributed by atoms with E-state index < -0.39 is 0 Å². The van der Waals surface area contributed by atoms with Crippen LogP contribution in [0.15, 0.2) is 48.7 Å². The molecule has 0 unspecified atom stereocenters. The maximum absolute atomic E-state index is 5.85. The van der Waals surface area contributed by atoms with Gasteiger partial charge in [-0.2, -0.15) is 0 Å². The highest BCUT2D eigenvalue weighted by Crippen LogP contribution is 2.30. The minimum atomic E-state index is 0.630. The summed E-state index contributed by atoms with van der Waals surface area (Å²) in [5.74, 6) is 1.42. The topological polar surface area (TPSA) is 75.2 Å². The van der Waals surface area contributed by atoms with Gasteiger partial charge in [0.2, 0.25) is 0 Å². The molecule has 6 nitrogen and oxygen atoms in total. The molecule has 6 heteroatoms. The van der Waals surface area contributed by atoms with E-state index in [-0.39, 0.29) is 0 Å². The van der Waals surface area contributed by atoms with Crippen molar-refractivity contribution in [3.63, 3.8) is 0 Å². The van der Waals surface area contributed by atoms with Crippen LogP contribution in [0.2, 0.25) is 0 Å². The van der Waals surface area contributed by atoms with Crippen molar-refractivity contribution >= 4 is 5.69 Å². The molecule has 0 saturated carbocycles. The summed E-state index contributed by atoms with van der Waals surface area (Å²) < 4.78 is 12.3. The fraction of sp³-hybridized carbons (Fsp3) is 0.125. The van der Waals surface area contributed by atoms with E-state index in [0.29, 0.717) is 17.1 Å². The molecule has 0 radical (unpaired) electrons. The molecule has 22 heavy (non-hydrogen) atoms. The molecular weight excluding hydrogens is 280 g/mol. The molecular formula is C16H16N4O2. The van der Waals surface area contributed by atoms with Crippen molar-refractivity contribution in [1.82, 2.24) is 15.0 Å². The third kappa shape index (κ3) is 2.46. The molecule has 0 aliphatic heterocycles. The average molecular weight is 296 g/mol. The SMILES string of the molecule is COc1ccccc1-c1cn(-c2cc(N)ccc2OC)nn1. The van der Waals surface area contributed by atoms with Crippen molar-refractivity contribution in [2.45, 2.75) is 0 Å². The van der Waals surface area contributed by atoms with Gasteiger partial charge in [0.25, 0.3) is 0 Å².